The molecule has 0 spiro atoms. The largest absolute Gasteiger partial charge is 0.493 e. The minimum absolute atomic E-state index is 0.231. The van der Waals surface area contributed by atoms with Gasteiger partial charge in [0.2, 0.25) is 0 Å². The first kappa shape index (κ1) is 16.5. The number of methoxy groups -OCH3 is 1. The van der Waals surface area contributed by atoms with E-state index in [1.807, 2.05) is 18.2 Å². The molecule has 0 aliphatic carbocycles. The van der Waals surface area contributed by atoms with Gasteiger partial charge in [-0.1, -0.05) is 32.0 Å². The Bertz CT molecular complexity index is 406. The Morgan fingerprint density at radius 3 is 2.70 bits per heavy atom. The fraction of sp³-hybridized carbons (Fsp3) is 0.562. The summed E-state index contributed by atoms with van der Waals surface area (Å²) in [5.41, 5.74) is 1.18. The van der Waals surface area contributed by atoms with Crippen molar-refractivity contribution in [1.29, 1.82) is 0 Å². The number of esters is 1. The van der Waals surface area contributed by atoms with Gasteiger partial charge in [0.05, 0.1) is 13.7 Å². The van der Waals surface area contributed by atoms with Crippen molar-refractivity contribution < 1.29 is 14.3 Å². The summed E-state index contributed by atoms with van der Waals surface area (Å²) in [4.78, 5) is 11.6. The standard InChI is InChI=1S/C16H25NO3/c1-4-11-17-14(16(18)19-3)10-12-20-15-9-7-6-8-13(15)5-2/h6-9,14,17H,4-5,10-12H2,1-3H3. The highest BCUT2D eigenvalue weighted by atomic mass is 16.5. The molecule has 0 radical (unpaired) electrons. The monoisotopic (exact) mass is 279 g/mol. The lowest BCUT2D eigenvalue weighted by Gasteiger charge is -2.17. The van der Waals surface area contributed by atoms with Gasteiger partial charge in [0.1, 0.15) is 11.8 Å². The van der Waals surface area contributed by atoms with Gasteiger partial charge in [-0.05, 0) is 31.0 Å². The fourth-order valence-corrected chi connectivity index (χ4v) is 1.99. The predicted octanol–water partition coefficient (Wildman–Crippen LogP) is 2.56. The summed E-state index contributed by atoms with van der Waals surface area (Å²) in [5.74, 6) is 0.667. The zero-order chi connectivity index (χ0) is 14.8. The average Bonchev–Trinajstić information content (AvgIpc) is 2.50. The van der Waals surface area contributed by atoms with Crippen LogP contribution in [0.3, 0.4) is 0 Å². The third-order valence-electron chi connectivity index (χ3n) is 3.14. The Hall–Kier alpha value is -1.55. The van der Waals surface area contributed by atoms with Crippen LogP contribution in [0, 0.1) is 0 Å². The normalized spacial score (nSPS) is 11.9. The van der Waals surface area contributed by atoms with Crippen molar-refractivity contribution in [2.75, 3.05) is 20.3 Å². The summed E-state index contributed by atoms with van der Waals surface area (Å²) >= 11 is 0. The number of aryl methyl sites for hydroxylation is 1. The molecular formula is C16H25NO3. The fourth-order valence-electron chi connectivity index (χ4n) is 1.99. The smallest absolute Gasteiger partial charge is 0.322 e. The van der Waals surface area contributed by atoms with Crippen molar-refractivity contribution in [2.45, 2.75) is 39.2 Å². The maximum atomic E-state index is 11.6. The second-order valence-electron chi connectivity index (χ2n) is 4.63. The number of ether oxygens (including phenoxy) is 2. The zero-order valence-electron chi connectivity index (χ0n) is 12.6. The van der Waals surface area contributed by atoms with Crippen molar-refractivity contribution in [3.05, 3.63) is 29.8 Å². The number of para-hydroxylation sites is 1. The van der Waals surface area contributed by atoms with Gasteiger partial charge in [-0.2, -0.15) is 0 Å². The van der Waals surface area contributed by atoms with E-state index in [0.29, 0.717) is 13.0 Å². The highest BCUT2D eigenvalue weighted by Gasteiger charge is 2.18. The van der Waals surface area contributed by atoms with E-state index in [0.717, 1.165) is 25.1 Å². The highest BCUT2D eigenvalue weighted by Crippen LogP contribution is 2.18. The average molecular weight is 279 g/mol. The second-order valence-corrected chi connectivity index (χ2v) is 4.63. The molecule has 1 unspecified atom stereocenters. The van der Waals surface area contributed by atoms with E-state index in [1.54, 1.807) is 0 Å². The van der Waals surface area contributed by atoms with E-state index in [9.17, 15) is 4.79 Å². The third kappa shape index (κ3) is 5.21. The van der Waals surface area contributed by atoms with Crippen LogP contribution >= 0.6 is 0 Å². The second kappa shape index (κ2) is 9.37. The number of benzene rings is 1. The van der Waals surface area contributed by atoms with Crippen LogP contribution in [-0.4, -0.2) is 32.3 Å². The molecule has 4 nitrogen and oxygen atoms in total. The molecule has 1 aromatic carbocycles. The number of rotatable bonds is 9. The lowest BCUT2D eigenvalue weighted by molar-refractivity contribution is -0.143. The third-order valence-corrected chi connectivity index (χ3v) is 3.14. The molecular weight excluding hydrogens is 254 g/mol. The molecule has 0 aliphatic rings. The maximum absolute atomic E-state index is 11.6. The summed E-state index contributed by atoms with van der Waals surface area (Å²) < 4.78 is 10.6. The van der Waals surface area contributed by atoms with E-state index in [4.69, 9.17) is 9.47 Å². The first-order chi connectivity index (χ1) is 9.72. The molecule has 4 heteroatoms. The molecule has 1 N–H and O–H groups in total. The molecule has 0 heterocycles. The van der Waals surface area contributed by atoms with E-state index in [-0.39, 0.29) is 12.0 Å². The van der Waals surface area contributed by atoms with Gasteiger partial charge in [-0.15, -0.1) is 0 Å². The molecule has 1 rings (SSSR count). The number of carbonyl (C=O) groups excluding carboxylic acids is 1. The predicted molar refractivity (Wildman–Crippen MR) is 80.0 cm³/mol. The summed E-state index contributed by atoms with van der Waals surface area (Å²) in [6.07, 6.45) is 2.52. The number of carbonyl (C=O) groups is 1. The van der Waals surface area contributed by atoms with Crippen molar-refractivity contribution in [3.63, 3.8) is 0 Å². The molecule has 0 saturated carbocycles. The Balaban J connectivity index is 2.48. The number of hydrogen-bond donors (Lipinski definition) is 1. The van der Waals surface area contributed by atoms with Crippen molar-refractivity contribution in [2.24, 2.45) is 0 Å². The Labute approximate surface area is 121 Å². The number of hydrogen-bond acceptors (Lipinski definition) is 4. The van der Waals surface area contributed by atoms with Crippen LogP contribution in [-0.2, 0) is 16.0 Å². The molecule has 0 aliphatic heterocycles. The van der Waals surface area contributed by atoms with Crippen LogP contribution in [0.1, 0.15) is 32.3 Å². The van der Waals surface area contributed by atoms with Crippen molar-refractivity contribution in [1.82, 2.24) is 5.32 Å². The molecule has 0 bridgehead atoms. The molecule has 0 amide bonds. The van der Waals surface area contributed by atoms with Gasteiger partial charge in [0.15, 0.2) is 0 Å². The molecule has 1 atom stereocenters. The van der Waals surface area contributed by atoms with Crippen LogP contribution in [0.15, 0.2) is 24.3 Å². The molecule has 1 aromatic rings. The SMILES string of the molecule is CCCNC(CCOc1ccccc1CC)C(=O)OC. The molecule has 0 saturated heterocycles. The summed E-state index contributed by atoms with van der Waals surface area (Å²) in [6, 6.07) is 7.69. The minimum Gasteiger partial charge on any atom is -0.493 e. The topological polar surface area (TPSA) is 47.6 Å². The van der Waals surface area contributed by atoms with Crippen LogP contribution in [0.2, 0.25) is 0 Å². The van der Waals surface area contributed by atoms with Gasteiger partial charge in [0, 0.05) is 6.42 Å². The lowest BCUT2D eigenvalue weighted by atomic mass is 10.1. The van der Waals surface area contributed by atoms with Gasteiger partial charge in [-0.3, -0.25) is 4.79 Å². The van der Waals surface area contributed by atoms with Gasteiger partial charge in [0.25, 0.3) is 0 Å². The molecule has 112 valence electrons. The van der Waals surface area contributed by atoms with Crippen LogP contribution < -0.4 is 10.1 Å². The van der Waals surface area contributed by atoms with Gasteiger partial charge in [-0.25, -0.2) is 0 Å². The van der Waals surface area contributed by atoms with Crippen molar-refractivity contribution >= 4 is 5.97 Å². The quantitative estimate of drug-likeness (QED) is 0.706. The highest BCUT2D eigenvalue weighted by molar-refractivity contribution is 5.75. The first-order valence-electron chi connectivity index (χ1n) is 7.24. The zero-order valence-corrected chi connectivity index (χ0v) is 12.6. The van der Waals surface area contributed by atoms with Crippen LogP contribution in [0.25, 0.3) is 0 Å². The van der Waals surface area contributed by atoms with Gasteiger partial charge >= 0.3 is 5.97 Å². The van der Waals surface area contributed by atoms with E-state index in [2.05, 4.69) is 25.2 Å². The maximum Gasteiger partial charge on any atom is 0.322 e. The molecule has 20 heavy (non-hydrogen) atoms. The molecule has 0 fully saturated rings. The summed E-state index contributed by atoms with van der Waals surface area (Å²) in [6.45, 7) is 5.45. The minimum atomic E-state index is -0.297. The lowest BCUT2D eigenvalue weighted by Crippen LogP contribution is -2.39. The van der Waals surface area contributed by atoms with E-state index in [1.165, 1.54) is 12.7 Å². The van der Waals surface area contributed by atoms with Gasteiger partial charge < -0.3 is 14.8 Å². The Morgan fingerprint density at radius 2 is 2.05 bits per heavy atom. The number of nitrogens with one attached hydrogen (secondary N) is 1. The van der Waals surface area contributed by atoms with Crippen molar-refractivity contribution in [3.8, 4) is 5.75 Å². The first-order valence-corrected chi connectivity index (χ1v) is 7.24. The van der Waals surface area contributed by atoms with E-state index >= 15 is 0 Å². The summed E-state index contributed by atoms with van der Waals surface area (Å²) in [5, 5.41) is 3.18. The van der Waals surface area contributed by atoms with Crippen LogP contribution in [0.4, 0.5) is 0 Å². The van der Waals surface area contributed by atoms with Crippen LogP contribution in [0.5, 0.6) is 5.75 Å². The Morgan fingerprint density at radius 1 is 1.30 bits per heavy atom. The summed E-state index contributed by atoms with van der Waals surface area (Å²) in [7, 11) is 1.41. The van der Waals surface area contributed by atoms with E-state index < -0.39 is 0 Å². The molecule has 0 aromatic heterocycles. The Kier molecular flexibility index (Phi) is 7.73.